The topological polar surface area (TPSA) is 54.5 Å². The van der Waals surface area contributed by atoms with E-state index in [1.807, 2.05) is 6.07 Å². The lowest BCUT2D eigenvalue weighted by Crippen LogP contribution is -2.38. The maximum absolute atomic E-state index is 12.0. The van der Waals surface area contributed by atoms with Gasteiger partial charge in [0.15, 0.2) is 0 Å². The summed E-state index contributed by atoms with van der Waals surface area (Å²) in [6.07, 6.45) is 6.55. The monoisotopic (exact) mass is 289 g/mol. The normalized spacial score (nSPS) is 19.3. The third kappa shape index (κ3) is 3.35. The maximum atomic E-state index is 12.0. The molecule has 0 amide bonds. The van der Waals surface area contributed by atoms with E-state index < -0.39 is 0 Å². The second-order valence-corrected chi connectivity index (χ2v) is 5.94. The molecule has 0 atom stereocenters. The van der Waals surface area contributed by atoms with Gasteiger partial charge in [-0.25, -0.2) is 9.78 Å². The standard InChI is InChI=1S/C16H23N3O2/c1-21-16(20)14-3-2-8-18-15(14)19(13-4-5-13)11-12-6-9-17-10-7-12/h2-3,8,12-13,17H,4-7,9-11H2,1H3. The Balaban J connectivity index is 1.82. The van der Waals surface area contributed by atoms with Gasteiger partial charge in [0.05, 0.1) is 7.11 Å². The number of rotatable bonds is 5. The Bertz CT molecular complexity index is 496. The molecule has 0 unspecified atom stereocenters. The largest absolute Gasteiger partial charge is 0.465 e. The molecule has 0 bridgehead atoms. The second-order valence-electron chi connectivity index (χ2n) is 5.94. The van der Waals surface area contributed by atoms with Gasteiger partial charge < -0.3 is 15.0 Å². The predicted molar refractivity (Wildman–Crippen MR) is 81.5 cm³/mol. The Morgan fingerprint density at radius 3 is 2.81 bits per heavy atom. The van der Waals surface area contributed by atoms with Gasteiger partial charge in [-0.2, -0.15) is 0 Å². The van der Waals surface area contributed by atoms with E-state index in [9.17, 15) is 4.79 Å². The number of hydrogen-bond donors (Lipinski definition) is 1. The minimum Gasteiger partial charge on any atom is -0.465 e. The van der Waals surface area contributed by atoms with Crippen LogP contribution in [0.25, 0.3) is 0 Å². The number of carbonyl (C=O) groups excluding carboxylic acids is 1. The predicted octanol–water partition coefficient (Wildman–Crippen LogP) is 1.84. The maximum Gasteiger partial charge on any atom is 0.341 e. The quantitative estimate of drug-likeness (QED) is 0.838. The number of piperidine rings is 1. The van der Waals surface area contributed by atoms with Gasteiger partial charge in [-0.1, -0.05) is 0 Å². The highest BCUT2D eigenvalue weighted by molar-refractivity contribution is 5.94. The molecule has 5 nitrogen and oxygen atoms in total. The molecule has 0 radical (unpaired) electrons. The zero-order valence-corrected chi connectivity index (χ0v) is 12.5. The molecule has 2 fully saturated rings. The van der Waals surface area contributed by atoms with Crippen LogP contribution in [0, 0.1) is 5.92 Å². The molecule has 114 valence electrons. The van der Waals surface area contributed by atoms with Gasteiger partial charge >= 0.3 is 5.97 Å². The van der Waals surface area contributed by atoms with Crippen LogP contribution >= 0.6 is 0 Å². The van der Waals surface area contributed by atoms with Crippen molar-refractivity contribution in [3.05, 3.63) is 23.9 Å². The Kier molecular flexibility index (Phi) is 4.39. The third-order valence-corrected chi connectivity index (χ3v) is 4.37. The first kappa shape index (κ1) is 14.3. The highest BCUT2D eigenvalue weighted by Crippen LogP contribution is 2.34. The summed E-state index contributed by atoms with van der Waals surface area (Å²) < 4.78 is 4.90. The summed E-state index contributed by atoms with van der Waals surface area (Å²) in [6, 6.07) is 4.15. The van der Waals surface area contributed by atoms with Crippen LogP contribution in [-0.2, 0) is 4.74 Å². The molecule has 1 saturated heterocycles. The highest BCUT2D eigenvalue weighted by atomic mass is 16.5. The minimum absolute atomic E-state index is 0.297. The van der Waals surface area contributed by atoms with E-state index in [1.165, 1.54) is 32.8 Å². The van der Waals surface area contributed by atoms with Crippen LogP contribution in [0.5, 0.6) is 0 Å². The number of nitrogens with one attached hydrogen (secondary N) is 1. The molecule has 3 rings (SSSR count). The fourth-order valence-electron chi connectivity index (χ4n) is 3.03. The summed E-state index contributed by atoms with van der Waals surface area (Å²) in [7, 11) is 1.42. The zero-order valence-electron chi connectivity index (χ0n) is 12.5. The number of hydrogen-bond acceptors (Lipinski definition) is 5. The molecule has 0 aromatic carbocycles. The molecular weight excluding hydrogens is 266 g/mol. The number of pyridine rings is 1. The first-order valence-electron chi connectivity index (χ1n) is 7.80. The fourth-order valence-corrected chi connectivity index (χ4v) is 3.03. The first-order chi connectivity index (χ1) is 10.3. The van der Waals surface area contributed by atoms with Gasteiger partial charge in [0.2, 0.25) is 0 Å². The Hall–Kier alpha value is -1.62. The summed E-state index contributed by atoms with van der Waals surface area (Å²) in [5.41, 5.74) is 0.584. The molecule has 2 heterocycles. The van der Waals surface area contributed by atoms with E-state index >= 15 is 0 Å². The summed E-state index contributed by atoms with van der Waals surface area (Å²) >= 11 is 0. The zero-order chi connectivity index (χ0) is 14.7. The van der Waals surface area contributed by atoms with Crippen molar-refractivity contribution in [2.75, 3.05) is 31.6 Å². The average molecular weight is 289 g/mol. The number of nitrogens with zero attached hydrogens (tertiary/aromatic N) is 2. The van der Waals surface area contributed by atoms with Gasteiger partial charge in [0, 0.05) is 18.8 Å². The van der Waals surface area contributed by atoms with Crippen molar-refractivity contribution < 1.29 is 9.53 Å². The molecule has 1 aliphatic heterocycles. The van der Waals surface area contributed by atoms with Crippen LogP contribution in [0.1, 0.15) is 36.0 Å². The molecule has 21 heavy (non-hydrogen) atoms. The second kappa shape index (κ2) is 6.43. The van der Waals surface area contributed by atoms with E-state index in [4.69, 9.17) is 4.74 Å². The number of carbonyl (C=O) groups is 1. The van der Waals surface area contributed by atoms with E-state index in [1.54, 1.807) is 12.3 Å². The van der Waals surface area contributed by atoms with Crippen LogP contribution < -0.4 is 10.2 Å². The van der Waals surface area contributed by atoms with Crippen LogP contribution in [-0.4, -0.2) is 43.7 Å². The van der Waals surface area contributed by atoms with E-state index in [0.29, 0.717) is 17.5 Å². The molecule has 1 N–H and O–H groups in total. The Labute approximate surface area is 125 Å². The lowest BCUT2D eigenvalue weighted by molar-refractivity contribution is 0.0601. The molecule has 2 aliphatic rings. The van der Waals surface area contributed by atoms with E-state index in [-0.39, 0.29) is 5.97 Å². The minimum atomic E-state index is -0.297. The molecule has 0 spiro atoms. The number of ether oxygens (including phenoxy) is 1. The lowest BCUT2D eigenvalue weighted by Gasteiger charge is -2.31. The van der Waals surface area contributed by atoms with E-state index in [0.717, 1.165) is 25.5 Å². The van der Waals surface area contributed by atoms with Gasteiger partial charge in [-0.05, 0) is 56.8 Å². The molecule has 5 heteroatoms. The highest BCUT2D eigenvalue weighted by Gasteiger charge is 2.34. The van der Waals surface area contributed by atoms with Crippen molar-refractivity contribution in [1.82, 2.24) is 10.3 Å². The van der Waals surface area contributed by atoms with Crippen molar-refractivity contribution in [3.8, 4) is 0 Å². The summed E-state index contributed by atoms with van der Waals surface area (Å²) in [4.78, 5) is 18.8. The molecule has 1 aromatic heterocycles. The van der Waals surface area contributed by atoms with Crippen molar-refractivity contribution in [2.24, 2.45) is 5.92 Å². The van der Waals surface area contributed by atoms with Crippen molar-refractivity contribution in [2.45, 2.75) is 31.7 Å². The van der Waals surface area contributed by atoms with Crippen molar-refractivity contribution in [3.63, 3.8) is 0 Å². The number of anilines is 1. The summed E-state index contributed by atoms with van der Waals surface area (Å²) in [5, 5.41) is 3.40. The lowest BCUT2D eigenvalue weighted by atomic mass is 9.97. The molecular formula is C16H23N3O2. The Morgan fingerprint density at radius 1 is 1.38 bits per heavy atom. The molecule has 1 aliphatic carbocycles. The van der Waals surface area contributed by atoms with Gasteiger partial charge in [-0.3, -0.25) is 0 Å². The van der Waals surface area contributed by atoms with Crippen molar-refractivity contribution in [1.29, 1.82) is 0 Å². The van der Waals surface area contributed by atoms with Crippen LogP contribution in [0.2, 0.25) is 0 Å². The molecule has 1 saturated carbocycles. The van der Waals surface area contributed by atoms with Crippen LogP contribution in [0.4, 0.5) is 5.82 Å². The SMILES string of the molecule is COC(=O)c1cccnc1N(CC1CCNCC1)C1CC1. The summed E-state index contributed by atoms with van der Waals surface area (Å²) in [5.74, 6) is 1.18. The fraction of sp³-hybridized carbons (Fsp3) is 0.625. The average Bonchev–Trinajstić information content (AvgIpc) is 3.38. The van der Waals surface area contributed by atoms with Crippen LogP contribution in [0.15, 0.2) is 18.3 Å². The Morgan fingerprint density at radius 2 is 2.14 bits per heavy atom. The smallest absolute Gasteiger partial charge is 0.341 e. The van der Waals surface area contributed by atoms with Gasteiger partial charge in [-0.15, -0.1) is 0 Å². The summed E-state index contributed by atoms with van der Waals surface area (Å²) in [6.45, 7) is 3.18. The van der Waals surface area contributed by atoms with Crippen LogP contribution in [0.3, 0.4) is 0 Å². The van der Waals surface area contributed by atoms with E-state index in [2.05, 4.69) is 15.2 Å². The van der Waals surface area contributed by atoms with Gasteiger partial charge in [0.25, 0.3) is 0 Å². The number of esters is 1. The van der Waals surface area contributed by atoms with Gasteiger partial charge in [0.1, 0.15) is 11.4 Å². The first-order valence-corrected chi connectivity index (χ1v) is 7.80. The number of aromatic nitrogens is 1. The number of methoxy groups -OCH3 is 1. The molecule has 1 aromatic rings. The van der Waals surface area contributed by atoms with Crippen molar-refractivity contribution >= 4 is 11.8 Å². The third-order valence-electron chi connectivity index (χ3n) is 4.37.